The lowest BCUT2D eigenvalue weighted by atomic mass is 9.96. The van der Waals surface area contributed by atoms with Gasteiger partial charge in [0.2, 0.25) is 0 Å². The first-order valence-electron chi connectivity index (χ1n) is 9.87. The Hall–Kier alpha value is -1.46. The molecule has 4 heteroatoms. The van der Waals surface area contributed by atoms with Gasteiger partial charge in [0.05, 0.1) is 12.2 Å². The largest absolute Gasteiger partial charge is 0.404 e. The van der Waals surface area contributed by atoms with Crippen LogP contribution in [-0.4, -0.2) is 37.3 Å². The summed E-state index contributed by atoms with van der Waals surface area (Å²) in [6.45, 7) is 9.04. The molecule has 0 fully saturated rings. The summed E-state index contributed by atoms with van der Waals surface area (Å²) in [6, 6.07) is 20.9. The first-order chi connectivity index (χ1) is 12.8. The Labute approximate surface area is 165 Å². The van der Waals surface area contributed by atoms with E-state index in [9.17, 15) is 10.2 Å². The SMILES string of the molecule is CCC(O)(CCCO)CO[Si](c1ccccc1)(c1ccccc1)C(C)(C)C. The highest BCUT2D eigenvalue weighted by Crippen LogP contribution is 2.37. The normalized spacial score (nSPS) is 14.7. The summed E-state index contributed by atoms with van der Waals surface area (Å²) in [5.74, 6) is 0. The predicted molar refractivity (Wildman–Crippen MR) is 115 cm³/mol. The van der Waals surface area contributed by atoms with Crippen LogP contribution >= 0.6 is 0 Å². The molecule has 2 N–H and O–H groups in total. The molecule has 0 saturated heterocycles. The third-order valence-corrected chi connectivity index (χ3v) is 10.4. The average Bonchev–Trinajstić information content (AvgIpc) is 2.67. The van der Waals surface area contributed by atoms with Gasteiger partial charge in [-0.2, -0.15) is 0 Å². The lowest BCUT2D eigenvalue weighted by Gasteiger charge is -2.44. The van der Waals surface area contributed by atoms with Crippen LogP contribution in [0.4, 0.5) is 0 Å². The topological polar surface area (TPSA) is 49.7 Å². The molecule has 2 aromatic carbocycles. The summed E-state index contributed by atoms with van der Waals surface area (Å²) in [4.78, 5) is 0. The molecule has 0 spiro atoms. The van der Waals surface area contributed by atoms with E-state index in [0.29, 0.717) is 19.3 Å². The first kappa shape index (κ1) is 21.8. The third kappa shape index (κ3) is 4.88. The van der Waals surface area contributed by atoms with Crippen LogP contribution in [0.5, 0.6) is 0 Å². The number of benzene rings is 2. The maximum atomic E-state index is 11.1. The van der Waals surface area contributed by atoms with Crippen molar-refractivity contribution in [2.24, 2.45) is 0 Å². The molecule has 0 heterocycles. The monoisotopic (exact) mass is 386 g/mol. The van der Waals surface area contributed by atoms with Gasteiger partial charge in [0, 0.05) is 6.61 Å². The van der Waals surface area contributed by atoms with Crippen molar-refractivity contribution in [2.75, 3.05) is 13.2 Å². The van der Waals surface area contributed by atoms with Crippen LogP contribution in [0.3, 0.4) is 0 Å². The summed E-state index contributed by atoms with van der Waals surface area (Å²) in [5.41, 5.74) is -0.921. The number of hydrogen-bond acceptors (Lipinski definition) is 3. The van der Waals surface area contributed by atoms with Crippen LogP contribution in [0.25, 0.3) is 0 Å². The van der Waals surface area contributed by atoms with Gasteiger partial charge in [-0.05, 0) is 34.7 Å². The van der Waals surface area contributed by atoms with E-state index >= 15 is 0 Å². The van der Waals surface area contributed by atoms with Crippen molar-refractivity contribution in [3.05, 3.63) is 60.7 Å². The molecule has 1 atom stereocenters. The van der Waals surface area contributed by atoms with E-state index < -0.39 is 13.9 Å². The van der Waals surface area contributed by atoms with Crippen molar-refractivity contribution in [1.29, 1.82) is 0 Å². The minimum Gasteiger partial charge on any atom is -0.404 e. The van der Waals surface area contributed by atoms with Crippen molar-refractivity contribution in [3.63, 3.8) is 0 Å². The predicted octanol–water partition coefficient (Wildman–Crippen LogP) is 3.48. The van der Waals surface area contributed by atoms with Gasteiger partial charge in [0.15, 0.2) is 0 Å². The van der Waals surface area contributed by atoms with Crippen LogP contribution in [0.1, 0.15) is 47.0 Å². The summed E-state index contributed by atoms with van der Waals surface area (Å²) >= 11 is 0. The van der Waals surface area contributed by atoms with E-state index in [0.717, 1.165) is 0 Å². The molecule has 1 unspecified atom stereocenters. The zero-order valence-electron chi connectivity index (χ0n) is 17.1. The number of aliphatic hydroxyl groups is 2. The molecule has 0 bridgehead atoms. The van der Waals surface area contributed by atoms with Crippen molar-refractivity contribution in [2.45, 2.75) is 57.6 Å². The van der Waals surface area contributed by atoms with Crippen LogP contribution in [0, 0.1) is 0 Å². The number of aliphatic hydroxyl groups excluding tert-OH is 1. The van der Waals surface area contributed by atoms with Crippen molar-refractivity contribution in [1.82, 2.24) is 0 Å². The fourth-order valence-electron chi connectivity index (χ4n) is 3.76. The van der Waals surface area contributed by atoms with Gasteiger partial charge in [-0.15, -0.1) is 0 Å². The van der Waals surface area contributed by atoms with Crippen LogP contribution in [0.15, 0.2) is 60.7 Å². The molecule has 2 rings (SSSR count). The lowest BCUT2D eigenvalue weighted by molar-refractivity contribution is -0.0225. The molecule has 0 aliphatic carbocycles. The van der Waals surface area contributed by atoms with E-state index in [4.69, 9.17) is 4.43 Å². The Morgan fingerprint density at radius 1 is 0.889 bits per heavy atom. The number of rotatable bonds is 9. The summed E-state index contributed by atoms with van der Waals surface area (Å²) < 4.78 is 6.83. The fourth-order valence-corrected chi connectivity index (χ4v) is 8.40. The van der Waals surface area contributed by atoms with Gasteiger partial charge in [-0.1, -0.05) is 88.4 Å². The highest BCUT2D eigenvalue weighted by atomic mass is 28.4. The molecule has 0 saturated carbocycles. The minimum absolute atomic E-state index is 0.0848. The highest BCUT2D eigenvalue weighted by Gasteiger charge is 2.51. The summed E-state index contributed by atoms with van der Waals surface area (Å²) in [6.07, 6.45) is 1.72. The molecule has 3 nitrogen and oxygen atoms in total. The zero-order chi connectivity index (χ0) is 20.0. The van der Waals surface area contributed by atoms with Gasteiger partial charge >= 0.3 is 0 Å². The van der Waals surface area contributed by atoms with Gasteiger partial charge in [-0.25, -0.2) is 0 Å². The second kappa shape index (κ2) is 9.15. The van der Waals surface area contributed by atoms with E-state index in [2.05, 4.69) is 69.3 Å². The number of hydrogen-bond donors (Lipinski definition) is 2. The molecular formula is C23H34O3Si. The van der Waals surface area contributed by atoms with E-state index in [1.165, 1.54) is 10.4 Å². The average molecular weight is 387 g/mol. The van der Waals surface area contributed by atoms with Gasteiger partial charge in [0.25, 0.3) is 8.32 Å². The van der Waals surface area contributed by atoms with Gasteiger partial charge in [-0.3, -0.25) is 0 Å². The third-order valence-electron chi connectivity index (χ3n) is 5.43. The van der Waals surface area contributed by atoms with E-state index in [-0.39, 0.29) is 18.3 Å². The van der Waals surface area contributed by atoms with E-state index in [1.54, 1.807) is 0 Å². The summed E-state index contributed by atoms with van der Waals surface area (Å²) in [5, 5.41) is 22.6. The first-order valence-corrected chi connectivity index (χ1v) is 11.8. The molecular weight excluding hydrogens is 352 g/mol. The minimum atomic E-state index is -2.64. The zero-order valence-corrected chi connectivity index (χ0v) is 18.1. The lowest BCUT2D eigenvalue weighted by Crippen LogP contribution is -2.67. The Kier molecular flexibility index (Phi) is 7.40. The van der Waals surface area contributed by atoms with Gasteiger partial charge < -0.3 is 14.6 Å². The Morgan fingerprint density at radius 3 is 1.74 bits per heavy atom. The molecule has 27 heavy (non-hydrogen) atoms. The van der Waals surface area contributed by atoms with Crippen molar-refractivity contribution < 1.29 is 14.6 Å². The summed E-state index contributed by atoms with van der Waals surface area (Å²) in [7, 11) is -2.64. The molecule has 2 aromatic rings. The second-order valence-corrected chi connectivity index (χ2v) is 12.7. The van der Waals surface area contributed by atoms with Crippen molar-refractivity contribution in [3.8, 4) is 0 Å². The van der Waals surface area contributed by atoms with Gasteiger partial charge in [0.1, 0.15) is 0 Å². The van der Waals surface area contributed by atoms with Crippen LogP contribution in [0.2, 0.25) is 5.04 Å². The fraction of sp³-hybridized carbons (Fsp3) is 0.478. The van der Waals surface area contributed by atoms with Crippen LogP contribution < -0.4 is 10.4 Å². The Morgan fingerprint density at radius 2 is 1.37 bits per heavy atom. The second-order valence-electron chi connectivity index (χ2n) is 8.36. The quantitative estimate of drug-likeness (QED) is 0.649. The van der Waals surface area contributed by atoms with Crippen LogP contribution in [-0.2, 0) is 4.43 Å². The molecule has 0 amide bonds. The molecule has 0 aliphatic rings. The molecule has 0 aromatic heterocycles. The Balaban J connectivity index is 2.52. The standard InChI is InChI=1S/C23H34O3Si/c1-5-23(25,17-12-18-24)19-26-27(22(2,3)4,20-13-8-6-9-14-20)21-15-10-7-11-16-21/h6-11,13-16,24-25H,5,12,17-19H2,1-4H3. The maximum absolute atomic E-state index is 11.1. The highest BCUT2D eigenvalue weighted by molar-refractivity contribution is 6.99. The Bertz CT molecular complexity index is 642. The maximum Gasteiger partial charge on any atom is 0.261 e. The molecule has 0 aliphatic heterocycles. The van der Waals surface area contributed by atoms with Crippen molar-refractivity contribution >= 4 is 18.7 Å². The molecule has 148 valence electrons. The van der Waals surface area contributed by atoms with E-state index in [1.807, 2.05) is 19.1 Å². The smallest absolute Gasteiger partial charge is 0.261 e. The molecule has 0 radical (unpaired) electrons.